The molecule has 0 bridgehead atoms. The van der Waals surface area contributed by atoms with E-state index in [4.69, 9.17) is 13.9 Å². The van der Waals surface area contributed by atoms with E-state index in [9.17, 15) is 9.59 Å². The maximum Gasteiger partial charge on any atom is 0.338 e. The first-order valence-electron chi connectivity index (χ1n) is 10.9. The lowest BCUT2D eigenvalue weighted by molar-refractivity contribution is -0.119. The minimum Gasteiger partial charge on any atom is -0.530 e. The molecule has 3 rings (SSSR count). The van der Waals surface area contributed by atoms with Gasteiger partial charge in [0.2, 0.25) is 26.4 Å². The average molecular weight is 600 g/mol. The summed E-state index contributed by atoms with van der Waals surface area (Å²) in [5, 5.41) is 5.92. The first-order valence-corrected chi connectivity index (χ1v) is 15.9. The van der Waals surface area contributed by atoms with E-state index in [1.54, 1.807) is 35.2 Å². The van der Waals surface area contributed by atoms with E-state index in [-0.39, 0.29) is 31.3 Å². The molecular weight excluding hydrogens is 569 g/mol. The number of nitrogens with zero attached hydrogens (tertiary/aromatic N) is 3. The number of rotatable bonds is 10. The van der Waals surface area contributed by atoms with Crippen LogP contribution in [0.4, 0.5) is 5.82 Å². The molecule has 1 aliphatic rings. The third-order valence-corrected chi connectivity index (χ3v) is 6.02. The molecule has 34 heavy (non-hydrogen) atoms. The van der Waals surface area contributed by atoms with Crippen molar-refractivity contribution in [2.24, 2.45) is 4.99 Å². The molecule has 184 valence electrons. The van der Waals surface area contributed by atoms with E-state index in [0.29, 0.717) is 29.4 Å². The lowest BCUT2D eigenvalue weighted by Gasteiger charge is -2.28. The molecule has 10 nitrogen and oxygen atoms in total. The fourth-order valence-electron chi connectivity index (χ4n) is 3.10. The van der Waals surface area contributed by atoms with Crippen LogP contribution in [-0.2, 0) is 25.4 Å². The highest BCUT2D eigenvalue weighted by atomic mass is 127. The Morgan fingerprint density at radius 1 is 1.26 bits per heavy atom. The number of hydrogen-bond acceptors (Lipinski definition) is 8. The van der Waals surface area contributed by atoms with Crippen molar-refractivity contribution in [1.82, 2.24) is 14.9 Å². The fraction of sp³-hybridized carbons (Fsp3) is 0.455. The SMILES string of the molecule is CC(=O)NC1N=C(O[Si](C)(C)C)c2ncn(CO[C@H](CCI)COC(=O)c3ccccc3)c2N1. The van der Waals surface area contributed by atoms with Crippen LogP contribution in [0.25, 0.3) is 0 Å². The maximum absolute atomic E-state index is 12.3. The molecule has 2 aromatic rings. The van der Waals surface area contributed by atoms with E-state index >= 15 is 0 Å². The normalized spacial score (nSPS) is 16.0. The summed E-state index contributed by atoms with van der Waals surface area (Å²) in [6.45, 7) is 7.90. The lowest BCUT2D eigenvalue weighted by Crippen LogP contribution is -2.43. The van der Waals surface area contributed by atoms with Crippen molar-refractivity contribution in [3.63, 3.8) is 0 Å². The maximum atomic E-state index is 12.3. The van der Waals surface area contributed by atoms with Crippen LogP contribution in [0, 0.1) is 0 Å². The fourth-order valence-corrected chi connectivity index (χ4v) is 4.53. The van der Waals surface area contributed by atoms with Crippen LogP contribution in [0.15, 0.2) is 41.7 Å². The molecule has 0 saturated carbocycles. The van der Waals surface area contributed by atoms with Gasteiger partial charge in [-0.15, -0.1) is 0 Å². The highest BCUT2D eigenvalue weighted by Crippen LogP contribution is 2.24. The molecule has 0 saturated heterocycles. The molecular formula is C22H30IN5O5Si. The second-order valence-electron chi connectivity index (χ2n) is 8.67. The smallest absolute Gasteiger partial charge is 0.338 e. The molecule has 2 atom stereocenters. The number of benzene rings is 1. The molecule has 1 aromatic heterocycles. The first-order chi connectivity index (χ1) is 16.2. The summed E-state index contributed by atoms with van der Waals surface area (Å²) < 4.78 is 20.3. The van der Waals surface area contributed by atoms with Gasteiger partial charge < -0.3 is 24.5 Å². The molecule has 1 amide bonds. The number of hydrogen-bond donors (Lipinski definition) is 2. The van der Waals surface area contributed by atoms with Crippen LogP contribution >= 0.6 is 22.6 Å². The zero-order valence-electron chi connectivity index (χ0n) is 19.7. The van der Waals surface area contributed by atoms with Gasteiger partial charge in [-0.1, -0.05) is 40.8 Å². The Balaban J connectivity index is 1.69. The Morgan fingerprint density at radius 2 is 2.00 bits per heavy atom. The Bertz CT molecular complexity index is 1020. The number of carbonyl (C=O) groups is 2. The van der Waals surface area contributed by atoms with Crippen LogP contribution in [0.3, 0.4) is 0 Å². The number of ether oxygens (including phenoxy) is 2. The van der Waals surface area contributed by atoms with Gasteiger partial charge in [-0.2, -0.15) is 0 Å². The number of nitrogens with one attached hydrogen (secondary N) is 2. The molecule has 1 aromatic carbocycles. The standard InChI is InChI=1S/C22H30IN5O5Si/c1-15(29)25-22-26-19-18(20(27-22)33-34(2,3)4)24-13-28(19)14-32-17(10-11-23)12-31-21(30)16-8-6-5-7-9-16/h5-9,13,17,22,26H,10-12,14H2,1-4H3,(H,25,29)/t17-,22?/m1/s1. The monoisotopic (exact) mass is 599 g/mol. The summed E-state index contributed by atoms with van der Waals surface area (Å²) in [5.74, 6) is 0.427. The van der Waals surface area contributed by atoms with Gasteiger partial charge in [0.25, 0.3) is 0 Å². The van der Waals surface area contributed by atoms with Gasteiger partial charge >= 0.3 is 5.97 Å². The first kappa shape index (κ1) is 26.2. The van der Waals surface area contributed by atoms with Crippen LogP contribution in [0.2, 0.25) is 19.6 Å². The Morgan fingerprint density at radius 3 is 2.65 bits per heavy atom. The van der Waals surface area contributed by atoms with E-state index < -0.39 is 14.6 Å². The summed E-state index contributed by atoms with van der Waals surface area (Å²) in [6, 6.07) is 8.87. The molecule has 0 radical (unpaired) electrons. The van der Waals surface area contributed by atoms with Gasteiger partial charge in [-0.05, 0) is 38.2 Å². The largest absolute Gasteiger partial charge is 0.530 e. The Hall–Kier alpha value is -2.45. The van der Waals surface area contributed by atoms with E-state index in [0.717, 1.165) is 4.43 Å². The molecule has 0 fully saturated rings. The predicted molar refractivity (Wildman–Crippen MR) is 140 cm³/mol. The number of imidazole rings is 1. The number of halogens is 1. The molecule has 2 N–H and O–H groups in total. The average Bonchev–Trinajstić information content (AvgIpc) is 3.17. The zero-order valence-corrected chi connectivity index (χ0v) is 22.9. The number of aliphatic imine (C=N–C) groups is 1. The Kier molecular flexibility index (Phi) is 9.08. The van der Waals surface area contributed by atoms with Gasteiger partial charge in [0.1, 0.15) is 19.2 Å². The molecule has 1 aliphatic heterocycles. The zero-order chi connectivity index (χ0) is 24.7. The number of fused-ring (bicyclic) bond motifs is 1. The highest BCUT2D eigenvalue weighted by molar-refractivity contribution is 14.1. The number of carbonyl (C=O) groups excluding carboxylic acids is 2. The quantitative estimate of drug-likeness (QED) is 0.186. The number of alkyl halides is 1. The molecule has 2 heterocycles. The molecule has 0 spiro atoms. The van der Waals surface area contributed by atoms with Gasteiger partial charge in [-0.25, -0.2) is 14.8 Å². The van der Waals surface area contributed by atoms with Crippen LogP contribution in [0.1, 0.15) is 29.4 Å². The summed E-state index contributed by atoms with van der Waals surface area (Å²) in [6.07, 6.45) is 1.38. The van der Waals surface area contributed by atoms with Crippen LogP contribution in [-0.4, -0.2) is 59.1 Å². The van der Waals surface area contributed by atoms with Gasteiger partial charge in [-0.3, -0.25) is 9.36 Å². The van der Waals surface area contributed by atoms with Crippen molar-refractivity contribution in [3.05, 3.63) is 47.9 Å². The second-order valence-corrected chi connectivity index (χ2v) is 14.2. The minimum absolute atomic E-state index is 0.140. The van der Waals surface area contributed by atoms with E-state index in [1.165, 1.54) is 6.92 Å². The van der Waals surface area contributed by atoms with Crippen molar-refractivity contribution in [1.29, 1.82) is 0 Å². The van der Waals surface area contributed by atoms with Gasteiger partial charge in [0.15, 0.2) is 5.69 Å². The molecule has 1 unspecified atom stereocenters. The summed E-state index contributed by atoms with van der Waals surface area (Å²) >= 11 is 2.27. The van der Waals surface area contributed by atoms with Gasteiger partial charge in [0.05, 0.1) is 18.0 Å². The lowest BCUT2D eigenvalue weighted by atomic mass is 10.2. The minimum atomic E-state index is -1.97. The van der Waals surface area contributed by atoms with Crippen molar-refractivity contribution in [3.8, 4) is 0 Å². The molecule has 12 heteroatoms. The number of amides is 1. The van der Waals surface area contributed by atoms with Crippen molar-refractivity contribution in [2.75, 3.05) is 16.4 Å². The van der Waals surface area contributed by atoms with Crippen LogP contribution < -0.4 is 10.6 Å². The van der Waals surface area contributed by atoms with Crippen molar-refractivity contribution < 1.29 is 23.5 Å². The third kappa shape index (κ3) is 7.53. The van der Waals surface area contributed by atoms with Gasteiger partial charge in [0, 0.05) is 11.4 Å². The van der Waals surface area contributed by atoms with E-state index in [2.05, 4.69) is 62.8 Å². The topological polar surface area (TPSA) is 116 Å². The Labute approximate surface area is 213 Å². The number of aromatic nitrogens is 2. The number of anilines is 1. The number of esters is 1. The predicted octanol–water partition coefficient (Wildman–Crippen LogP) is 3.35. The molecule has 0 aliphatic carbocycles. The third-order valence-electron chi connectivity index (χ3n) is 4.59. The second kappa shape index (κ2) is 11.8. The van der Waals surface area contributed by atoms with E-state index in [1.807, 2.05) is 6.07 Å². The van der Waals surface area contributed by atoms with Crippen LogP contribution in [0.5, 0.6) is 0 Å². The summed E-state index contributed by atoms with van der Waals surface area (Å²) in [5.41, 5.74) is 1.07. The van der Waals surface area contributed by atoms with Crippen molar-refractivity contribution >= 4 is 54.5 Å². The van der Waals surface area contributed by atoms with Crippen molar-refractivity contribution in [2.45, 2.75) is 52.1 Å². The summed E-state index contributed by atoms with van der Waals surface area (Å²) in [7, 11) is -1.97. The highest BCUT2D eigenvalue weighted by Gasteiger charge is 2.30. The summed E-state index contributed by atoms with van der Waals surface area (Å²) in [4.78, 5) is 32.8.